The number of aromatic nitrogens is 2. The largest absolute Gasteiger partial charge is 0.504 e. The number of nitrogens with one attached hydrogen (secondary N) is 1. The molecule has 0 aliphatic rings. The number of rotatable bonds is 16. The lowest BCUT2D eigenvalue weighted by molar-refractivity contribution is -0.121. The maximum atomic E-state index is 12.4. The molecule has 0 fully saturated rings. The van der Waals surface area contributed by atoms with Crippen LogP contribution in [-0.4, -0.2) is 48.0 Å². The van der Waals surface area contributed by atoms with Crippen LogP contribution in [0.2, 0.25) is 0 Å². The fraction of sp³-hybridized carbons (Fsp3) is 0.406. The molecule has 10 nitrogen and oxygen atoms in total. The van der Waals surface area contributed by atoms with Gasteiger partial charge in [0.05, 0.1) is 30.5 Å². The highest BCUT2D eigenvalue weighted by Gasteiger charge is 2.16. The van der Waals surface area contributed by atoms with E-state index in [0.29, 0.717) is 25.0 Å². The van der Waals surface area contributed by atoms with Gasteiger partial charge in [-0.25, -0.2) is 0 Å². The molecule has 226 valence electrons. The number of ketones is 1. The van der Waals surface area contributed by atoms with Gasteiger partial charge >= 0.3 is 0 Å². The van der Waals surface area contributed by atoms with Crippen LogP contribution in [0.3, 0.4) is 0 Å². The first-order valence-electron chi connectivity index (χ1n) is 14.4. The average Bonchev–Trinajstić information content (AvgIpc) is 3.53. The minimum Gasteiger partial charge on any atom is -0.504 e. The number of ether oxygens (including phenoxy) is 1. The zero-order valence-corrected chi connectivity index (χ0v) is 24.0. The van der Waals surface area contributed by atoms with Crippen LogP contribution in [0.15, 0.2) is 55.0 Å². The van der Waals surface area contributed by atoms with E-state index in [2.05, 4.69) is 4.98 Å². The normalized spacial score (nSPS) is 13.1. The Morgan fingerprint density at radius 2 is 1.86 bits per heavy atom. The first-order valence-corrected chi connectivity index (χ1v) is 14.4. The van der Waals surface area contributed by atoms with Crippen molar-refractivity contribution in [1.82, 2.24) is 9.55 Å². The number of Topliss-reactive ketones (excluding diaryl/α,β-unsaturated/α-hetero) is 1. The van der Waals surface area contributed by atoms with Crippen LogP contribution >= 0.6 is 0 Å². The van der Waals surface area contributed by atoms with Crippen molar-refractivity contribution >= 4 is 16.7 Å². The molecule has 0 aliphatic heterocycles. The third-order valence-electron chi connectivity index (χ3n) is 7.51. The van der Waals surface area contributed by atoms with Crippen LogP contribution in [0, 0.1) is 0 Å². The number of phenolic OH excluding ortho intramolecular Hbond substituents is 1. The molecule has 2 atom stereocenters. The van der Waals surface area contributed by atoms with Crippen LogP contribution in [0.25, 0.3) is 10.9 Å². The number of aromatic amines is 1. The van der Waals surface area contributed by atoms with E-state index in [4.69, 9.17) is 16.2 Å². The molecule has 0 saturated carbocycles. The number of fused-ring (bicyclic) bond motifs is 1. The second-order valence-corrected chi connectivity index (χ2v) is 11.0. The minimum atomic E-state index is -0.850. The maximum absolute atomic E-state index is 12.4. The van der Waals surface area contributed by atoms with Crippen molar-refractivity contribution in [3.63, 3.8) is 0 Å². The number of nitrogens with two attached hydrogens (primary N) is 2. The Morgan fingerprint density at radius 1 is 1.05 bits per heavy atom. The number of aromatic hydroxyl groups is 1. The van der Waals surface area contributed by atoms with Crippen LogP contribution in [0.5, 0.6) is 11.5 Å². The third-order valence-corrected chi connectivity index (χ3v) is 7.51. The second kappa shape index (κ2) is 14.5. The Bertz CT molecular complexity index is 1480. The zero-order valence-electron chi connectivity index (χ0n) is 24.0. The van der Waals surface area contributed by atoms with Gasteiger partial charge in [0.15, 0.2) is 18.2 Å². The SMILES string of the molecule is CCC[C@H](O)C[C@@H](O)CC(=O)CCc1ccc(O)c(OCn2cc3[nH]cc(Cc4cc(C(N)N)ccc4CO)c3c2)c1. The molecule has 0 bridgehead atoms. The molecule has 9 N–H and O–H groups in total. The summed E-state index contributed by atoms with van der Waals surface area (Å²) < 4.78 is 7.79. The topological polar surface area (TPSA) is 180 Å². The van der Waals surface area contributed by atoms with Gasteiger partial charge in [-0.2, -0.15) is 0 Å². The fourth-order valence-electron chi connectivity index (χ4n) is 5.19. The molecule has 0 radical (unpaired) electrons. The highest BCUT2D eigenvalue weighted by molar-refractivity contribution is 5.83. The van der Waals surface area contributed by atoms with Gasteiger partial charge in [-0.05, 0) is 65.6 Å². The van der Waals surface area contributed by atoms with Crippen molar-refractivity contribution in [2.24, 2.45) is 11.5 Å². The first kappa shape index (κ1) is 31.3. The Labute approximate surface area is 245 Å². The molecule has 0 amide bonds. The maximum Gasteiger partial charge on any atom is 0.165 e. The van der Waals surface area contributed by atoms with Crippen LogP contribution in [-0.2, 0) is 31.0 Å². The lowest BCUT2D eigenvalue weighted by Crippen LogP contribution is -2.20. The van der Waals surface area contributed by atoms with Gasteiger partial charge in [-0.15, -0.1) is 0 Å². The number of hydrogen-bond acceptors (Lipinski definition) is 8. The second-order valence-electron chi connectivity index (χ2n) is 11.0. The number of aliphatic hydroxyl groups excluding tert-OH is 3. The van der Waals surface area contributed by atoms with Gasteiger partial charge in [0.1, 0.15) is 5.78 Å². The van der Waals surface area contributed by atoms with Gasteiger partial charge in [0, 0.05) is 36.8 Å². The van der Waals surface area contributed by atoms with Crippen molar-refractivity contribution < 1.29 is 30.0 Å². The Morgan fingerprint density at radius 3 is 2.60 bits per heavy atom. The van der Waals surface area contributed by atoms with Gasteiger partial charge in [-0.3, -0.25) is 4.79 Å². The van der Waals surface area contributed by atoms with E-state index >= 15 is 0 Å². The Kier molecular flexibility index (Phi) is 10.8. The summed E-state index contributed by atoms with van der Waals surface area (Å²) in [5, 5.41) is 41.1. The van der Waals surface area contributed by atoms with Crippen molar-refractivity contribution in [1.29, 1.82) is 0 Å². The van der Waals surface area contributed by atoms with Crippen LogP contribution in [0.1, 0.15) is 73.0 Å². The molecule has 0 aliphatic carbocycles. The van der Waals surface area contributed by atoms with Gasteiger partial charge in [0.25, 0.3) is 0 Å². The number of aryl methyl sites for hydroxylation is 1. The highest BCUT2D eigenvalue weighted by atomic mass is 16.5. The number of carbonyl (C=O) groups excluding carboxylic acids is 1. The summed E-state index contributed by atoms with van der Waals surface area (Å²) in [6.45, 7) is 2.03. The molecule has 4 aromatic rings. The smallest absolute Gasteiger partial charge is 0.165 e. The van der Waals surface area contributed by atoms with E-state index in [-0.39, 0.29) is 44.1 Å². The Balaban J connectivity index is 1.36. The van der Waals surface area contributed by atoms with E-state index in [1.807, 2.05) is 48.3 Å². The molecule has 4 rings (SSSR count). The molecular formula is C32H42N4O6. The first-order chi connectivity index (χ1) is 20.2. The number of nitrogens with zero attached hydrogens (tertiary/aromatic N) is 1. The summed E-state index contributed by atoms with van der Waals surface area (Å²) in [6, 6.07) is 10.6. The van der Waals surface area contributed by atoms with Crippen LogP contribution in [0.4, 0.5) is 0 Å². The molecule has 0 saturated heterocycles. The number of aliphatic hydroxyl groups is 3. The molecular weight excluding hydrogens is 536 g/mol. The summed E-state index contributed by atoms with van der Waals surface area (Å²) in [6.07, 6.45) is 6.68. The molecule has 2 aromatic carbocycles. The fourth-order valence-corrected chi connectivity index (χ4v) is 5.19. The van der Waals surface area contributed by atoms with Crippen molar-refractivity contribution in [3.8, 4) is 11.5 Å². The number of carbonyl (C=O) groups is 1. The quantitative estimate of drug-likeness (QED) is 0.0987. The molecule has 0 unspecified atom stereocenters. The van der Waals surface area contributed by atoms with E-state index in [0.717, 1.165) is 45.1 Å². The van der Waals surface area contributed by atoms with Gasteiger partial charge < -0.3 is 46.2 Å². The average molecular weight is 579 g/mol. The lowest BCUT2D eigenvalue weighted by Gasteiger charge is -2.14. The molecule has 0 spiro atoms. The molecule has 2 aromatic heterocycles. The number of hydrogen-bond donors (Lipinski definition) is 7. The van der Waals surface area contributed by atoms with Gasteiger partial charge in [-0.1, -0.05) is 37.6 Å². The summed E-state index contributed by atoms with van der Waals surface area (Å²) >= 11 is 0. The van der Waals surface area contributed by atoms with Crippen LogP contribution < -0.4 is 16.2 Å². The van der Waals surface area contributed by atoms with E-state index in [9.17, 15) is 25.2 Å². The minimum absolute atomic E-state index is 0.00153. The van der Waals surface area contributed by atoms with Crippen molar-refractivity contribution in [2.75, 3.05) is 0 Å². The lowest BCUT2D eigenvalue weighted by atomic mass is 9.97. The summed E-state index contributed by atoms with van der Waals surface area (Å²) in [7, 11) is 0. The van der Waals surface area contributed by atoms with Gasteiger partial charge in [0.2, 0.25) is 0 Å². The molecule has 2 heterocycles. The summed E-state index contributed by atoms with van der Waals surface area (Å²) in [5.74, 6) is 0.227. The standard InChI is InChI=1S/C32H42N4O6/c1-2-3-25(38)13-27(40)14-26(39)8-4-20-5-9-30(41)31(10-20)42-19-36-16-28-24(15-35-29(28)17-36)12-23-11-21(32(33)34)6-7-22(23)18-37/h5-7,9-11,15-17,25,27,32,35,37-38,40-41H,2-4,8,12-14,18-19,33-34H2,1H3/t25-,27+/m0/s1. The number of benzene rings is 2. The van der Waals surface area contributed by atoms with Crippen molar-refractivity contribution in [2.45, 2.75) is 83.6 Å². The predicted octanol–water partition coefficient (Wildman–Crippen LogP) is 3.51. The van der Waals surface area contributed by atoms with E-state index < -0.39 is 18.4 Å². The Hall–Kier alpha value is -3.67. The highest BCUT2D eigenvalue weighted by Crippen LogP contribution is 2.29. The monoisotopic (exact) mass is 578 g/mol. The molecule has 42 heavy (non-hydrogen) atoms. The van der Waals surface area contributed by atoms with Crippen molar-refractivity contribution in [3.05, 3.63) is 82.8 Å². The van der Waals surface area contributed by atoms with E-state index in [1.165, 1.54) is 0 Å². The number of phenols is 1. The predicted molar refractivity (Wildman–Crippen MR) is 161 cm³/mol. The van der Waals surface area contributed by atoms with E-state index in [1.54, 1.807) is 18.2 Å². The zero-order chi connectivity index (χ0) is 30.2. The number of H-pyrrole nitrogens is 1. The summed E-state index contributed by atoms with van der Waals surface area (Å²) in [5.41, 5.74) is 17.1. The molecule has 10 heteroatoms. The third kappa shape index (κ3) is 8.21. The summed E-state index contributed by atoms with van der Waals surface area (Å²) in [4.78, 5) is 15.6.